The van der Waals surface area contributed by atoms with Gasteiger partial charge in [-0.15, -0.1) is 5.10 Å². The minimum absolute atomic E-state index is 0.000279. The first-order valence-electron chi connectivity index (χ1n) is 13.2. The Kier molecular flexibility index (Phi) is 3.74. The van der Waals surface area contributed by atoms with Gasteiger partial charge < -0.3 is 14.9 Å². The molecule has 0 radical (unpaired) electrons. The maximum Gasteiger partial charge on any atom is 0.206 e. The van der Waals surface area contributed by atoms with E-state index in [9.17, 15) is 15.0 Å². The van der Waals surface area contributed by atoms with Crippen LogP contribution in [0.25, 0.3) is 11.3 Å². The molecule has 2 N–H and O–H groups in total. The summed E-state index contributed by atoms with van der Waals surface area (Å²) in [7, 11) is 0. The summed E-state index contributed by atoms with van der Waals surface area (Å²) in [6.07, 6.45) is 6.95. The summed E-state index contributed by atoms with van der Waals surface area (Å²) in [5.74, 6) is -1.99. The van der Waals surface area contributed by atoms with Crippen LogP contribution in [-0.4, -0.2) is 49.5 Å². The average molecular weight is 486 g/mol. The van der Waals surface area contributed by atoms with Crippen LogP contribution in [0.4, 0.5) is 0 Å². The molecule has 5 aliphatic carbocycles. The van der Waals surface area contributed by atoms with Crippen LogP contribution in [-0.2, 0) is 9.53 Å². The smallest absolute Gasteiger partial charge is 0.206 e. The molecule has 9 rings (SSSR count). The Balaban J connectivity index is 1.34. The number of aliphatic hydroxyl groups is 2. The summed E-state index contributed by atoms with van der Waals surface area (Å²) in [6.45, 7) is 6.58. The number of ketones is 1. The Morgan fingerprint density at radius 3 is 2.72 bits per heavy atom. The zero-order valence-electron chi connectivity index (χ0n) is 20.8. The van der Waals surface area contributed by atoms with Crippen molar-refractivity contribution in [2.24, 2.45) is 39.9 Å². The molecular weight excluding hydrogens is 454 g/mol. The number of benzene rings is 1. The fourth-order valence-corrected chi connectivity index (χ4v) is 9.91. The summed E-state index contributed by atoms with van der Waals surface area (Å²) in [4.78, 5) is 13.9. The molecular formula is C29H31N3O4. The number of carbonyl (C=O) groups is 1. The highest BCUT2D eigenvalue weighted by Gasteiger charge is 2.89. The molecule has 2 spiro atoms. The van der Waals surface area contributed by atoms with E-state index in [2.05, 4.69) is 43.2 Å². The molecule has 9 unspecified atom stereocenters. The van der Waals surface area contributed by atoms with E-state index in [1.165, 1.54) is 5.57 Å². The van der Waals surface area contributed by atoms with Gasteiger partial charge in [0.25, 0.3) is 0 Å². The lowest BCUT2D eigenvalue weighted by atomic mass is 9.25. The number of hydrogen-bond donors (Lipinski definition) is 2. The van der Waals surface area contributed by atoms with Gasteiger partial charge in [-0.1, -0.05) is 67.1 Å². The average Bonchev–Trinajstić information content (AvgIpc) is 3.34. The minimum atomic E-state index is -1.86. The van der Waals surface area contributed by atoms with Crippen molar-refractivity contribution in [3.63, 3.8) is 0 Å². The molecule has 2 bridgehead atoms. The van der Waals surface area contributed by atoms with E-state index in [1.54, 1.807) is 0 Å². The number of allylic oxidation sites excluding steroid dienone is 4. The molecule has 9 atom stereocenters. The number of ether oxygens (including phenoxy) is 1. The molecule has 186 valence electrons. The molecule has 36 heavy (non-hydrogen) atoms. The Bertz CT molecular complexity index is 1390. The first-order chi connectivity index (χ1) is 17.2. The van der Waals surface area contributed by atoms with E-state index in [1.807, 2.05) is 41.2 Å². The fraction of sp³-hybridized carbons (Fsp3) is 0.552. The molecule has 2 aliphatic heterocycles. The molecule has 3 saturated carbocycles. The number of hydrogen-bond acceptors (Lipinski definition) is 6. The monoisotopic (exact) mass is 485 g/mol. The number of rotatable bonds is 2. The number of aliphatic hydroxyl groups excluding tert-OH is 1. The maximum atomic E-state index is 13.9. The van der Waals surface area contributed by atoms with Gasteiger partial charge in [-0.3, -0.25) is 4.79 Å². The Morgan fingerprint density at radius 1 is 1.17 bits per heavy atom. The van der Waals surface area contributed by atoms with Gasteiger partial charge in [0.15, 0.2) is 5.78 Å². The SMILES string of the molecule is CC1=C2C(=O)C34C2C1CCC3C12COC4(O)C(O)C1C(C)(C)C=CC2n1cc(-c2ccccc2)nn1. The van der Waals surface area contributed by atoms with E-state index in [0.717, 1.165) is 29.7 Å². The predicted octanol–water partition coefficient (Wildman–Crippen LogP) is 3.32. The van der Waals surface area contributed by atoms with Crippen molar-refractivity contribution < 1.29 is 19.7 Å². The van der Waals surface area contributed by atoms with Crippen molar-refractivity contribution in [2.45, 2.75) is 51.5 Å². The second kappa shape index (κ2) is 6.26. The van der Waals surface area contributed by atoms with Crippen molar-refractivity contribution in [3.05, 3.63) is 59.8 Å². The Labute approximate surface area is 209 Å². The molecule has 1 aromatic carbocycles. The van der Waals surface area contributed by atoms with Crippen LogP contribution in [0.1, 0.15) is 39.7 Å². The number of carbonyl (C=O) groups excluding carboxylic acids is 1. The van der Waals surface area contributed by atoms with Gasteiger partial charge in [-0.05, 0) is 37.0 Å². The first kappa shape index (κ1) is 21.5. The zero-order valence-corrected chi connectivity index (χ0v) is 20.8. The van der Waals surface area contributed by atoms with Crippen molar-refractivity contribution in [2.75, 3.05) is 6.61 Å². The van der Waals surface area contributed by atoms with Crippen LogP contribution >= 0.6 is 0 Å². The second-order valence-corrected chi connectivity index (χ2v) is 12.6. The number of Topliss-reactive ketones (excluding diaryl/α,β-unsaturated/α-hetero) is 1. The van der Waals surface area contributed by atoms with E-state index in [4.69, 9.17) is 4.74 Å². The topological polar surface area (TPSA) is 97.5 Å². The second-order valence-electron chi connectivity index (χ2n) is 12.6. The van der Waals surface area contributed by atoms with Gasteiger partial charge >= 0.3 is 0 Å². The molecule has 5 fully saturated rings. The standard InChI is InChI=1S/C29H31N3O4/c1-15-17-9-10-19-27-14-36-29(35,28(19)22(17)21(15)24(28)33)25(34)23(27)26(2,3)12-11-20(27)32-13-18(30-31-32)16-7-5-4-6-8-16/h4-8,11-13,17,19-20,22-23,25,34-35H,9-10,14H2,1-3H3. The highest BCUT2D eigenvalue weighted by molar-refractivity contribution is 6.12. The third kappa shape index (κ3) is 1.97. The number of nitrogens with zero attached hydrogens (tertiary/aromatic N) is 3. The Hall–Kier alpha value is -2.61. The molecule has 1 aromatic heterocycles. The van der Waals surface area contributed by atoms with Gasteiger partial charge in [0.2, 0.25) is 5.79 Å². The third-order valence-electron chi connectivity index (χ3n) is 11.1. The van der Waals surface area contributed by atoms with E-state index in [-0.39, 0.29) is 36.2 Å². The Morgan fingerprint density at radius 2 is 1.94 bits per heavy atom. The summed E-state index contributed by atoms with van der Waals surface area (Å²) < 4.78 is 8.21. The van der Waals surface area contributed by atoms with E-state index in [0.29, 0.717) is 5.92 Å². The van der Waals surface area contributed by atoms with Crippen molar-refractivity contribution in [1.29, 1.82) is 0 Å². The van der Waals surface area contributed by atoms with Crippen molar-refractivity contribution >= 4 is 5.78 Å². The van der Waals surface area contributed by atoms with Crippen molar-refractivity contribution in [3.8, 4) is 11.3 Å². The van der Waals surface area contributed by atoms with E-state index < -0.39 is 28.1 Å². The van der Waals surface area contributed by atoms with Crippen LogP contribution in [0.5, 0.6) is 0 Å². The number of fused-ring (bicyclic) bond motifs is 1. The summed E-state index contributed by atoms with van der Waals surface area (Å²) in [5, 5.41) is 33.2. The summed E-state index contributed by atoms with van der Waals surface area (Å²) in [5.41, 5.74) is 1.75. The normalized spacial score (nSPS) is 47.0. The van der Waals surface area contributed by atoms with Crippen LogP contribution in [0, 0.1) is 39.9 Å². The summed E-state index contributed by atoms with van der Waals surface area (Å²) in [6, 6.07) is 9.72. The number of aromatic nitrogens is 3. The van der Waals surface area contributed by atoms with Crippen LogP contribution in [0.2, 0.25) is 0 Å². The molecule has 7 heteroatoms. The highest BCUT2D eigenvalue weighted by atomic mass is 16.6. The highest BCUT2D eigenvalue weighted by Crippen LogP contribution is 2.83. The lowest BCUT2D eigenvalue weighted by molar-refractivity contribution is -0.454. The quantitative estimate of drug-likeness (QED) is 0.634. The van der Waals surface area contributed by atoms with Gasteiger partial charge in [0.05, 0.1) is 18.8 Å². The largest absolute Gasteiger partial charge is 0.387 e. The molecule has 7 aliphatic rings. The van der Waals surface area contributed by atoms with Crippen LogP contribution < -0.4 is 0 Å². The fourth-order valence-electron chi connectivity index (χ4n) is 9.91. The molecule has 7 nitrogen and oxygen atoms in total. The maximum absolute atomic E-state index is 13.9. The van der Waals surface area contributed by atoms with E-state index >= 15 is 0 Å². The summed E-state index contributed by atoms with van der Waals surface area (Å²) >= 11 is 0. The van der Waals surface area contributed by atoms with Crippen LogP contribution in [0.3, 0.4) is 0 Å². The molecule has 0 amide bonds. The minimum Gasteiger partial charge on any atom is -0.387 e. The van der Waals surface area contributed by atoms with Gasteiger partial charge in [-0.25, -0.2) is 4.68 Å². The van der Waals surface area contributed by atoms with Gasteiger partial charge in [-0.2, -0.15) is 0 Å². The third-order valence-corrected chi connectivity index (χ3v) is 11.1. The van der Waals surface area contributed by atoms with Crippen molar-refractivity contribution in [1.82, 2.24) is 15.0 Å². The van der Waals surface area contributed by atoms with Crippen LogP contribution in [0.15, 0.2) is 59.8 Å². The molecule has 2 saturated heterocycles. The lowest BCUT2D eigenvalue weighted by Crippen LogP contribution is -2.89. The van der Waals surface area contributed by atoms with Gasteiger partial charge in [0.1, 0.15) is 17.2 Å². The predicted molar refractivity (Wildman–Crippen MR) is 130 cm³/mol. The zero-order chi connectivity index (χ0) is 24.8. The molecule has 2 aromatic rings. The lowest BCUT2D eigenvalue weighted by Gasteiger charge is -2.81. The van der Waals surface area contributed by atoms with Gasteiger partial charge in [0, 0.05) is 28.4 Å². The first-order valence-corrected chi connectivity index (χ1v) is 13.2. The molecule has 3 heterocycles.